The van der Waals surface area contributed by atoms with Gasteiger partial charge in [-0.25, -0.2) is 0 Å². The lowest BCUT2D eigenvalue weighted by Crippen LogP contribution is -2.30. The molecule has 0 aliphatic carbocycles. The number of amides is 1. The molecule has 2 aromatic rings. The highest BCUT2D eigenvalue weighted by molar-refractivity contribution is 9.10. The van der Waals surface area contributed by atoms with E-state index in [-0.39, 0.29) is 11.8 Å². The van der Waals surface area contributed by atoms with Gasteiger partial charge in [0.15, 0.2) is 0 Å². The summed E-state index contributed by atoms with van der Waals surface area (Å²) in [5, 5.41) is 13.2. The number of hydrogen-bond acceptors (Lipinski definition) is 3. The van der Waals surface area contributed by atoms with Crippen LogP contribution < -0.4 is 5.32 Å². The minimum absolute atomic E-state index is 0.0534. The third kappa shape index (κ3) is 4.55. The second-order valence-electron chi connectivity index (χ2n) is 5.63. The molecule has 0 saturated heterocycles. The van der Waals surface area contributed by atoms with Crippen molar-refractivity contribution in [3.63, 3.8) is 0 Å². The van der Waals surface area contributed by atoms with Gasteiger partial charge in [-0.05, 0) is 35.4 Å². The highest BCUT2D eigenvalue weighted by atomic mass is 79.9. The van der Waals surface area contributed by atoms with E-state index in [2.05, 4.69) is 43.2 Å². The minimum Gasteiger partial charge on any atom is -0.320 e. The number of allylic oxidation sites excluding steroid dienone is 1. The molecule has 0 bridgehead atoms. The van der Waals surface area contributed by atoms with Gasteiger partial charge in [-0.2, -0.15) is 5.26 Å². The van der Waals surface area contributed by atoms with Crippen molar-refractivity contribution in [1.29, 1.82) is 5.26 Å². The number of carbonyl (C=O) groups is 1. The number of hydrogen-bond donors (Lipinski definition) is 1. The molecule has 1 heterocycles. The van der Waals surface area contributed by atoms with Crippen LogP contribution in [0.15, 0.2) is 68.1 Å². The Bertz CT molecular complexity index is 872. The molecule has 1 atom stereocenters. The maximum Gasteiger partial charge on any atom is 0.225 e. The zero-order chi connectivity index (χ0) is 17.8. The number of halogens is 2. The summed E-state index contributed by atoms with van der Waals surface area (Å²) in [6.07, 6.45) is 0.293. The molecule has 1 N–H and O–H groups in total. The number of benzene rings is 2. The Balaban J connectivity index is 1.87. The van der Waals surface area contributed by atoms with E-state index in [0.717, 1.165) is 20.1 Å². The highest BCUT2D eigenvalue weighted by Crippen LogP contribution is 2.37. The van der Waals surface area contributed by atoms with Crippen LogP contribution in [0.2, 0.25) is 0 Å². The average molecular weight is 478 g/mol. The average Bonchev–Trinajstić information content (AvgIpc) is 2.60. The van der Waals surface area contributed by atoms with E-state index in [1.54, 1.807) is 0 Å². The van der Waals surface area contributed by atoms with Crippen LogP contribution in [-0.4, -0.2) is 5.91 Å². The Hall–Kier alpha value is -1.55. The van der Waals surface area contributed by atoms with Crippen molar-refractivity contribution >= 4 is 49.5 Å². The molecule has 25 heavy (non-hydrogen) atoms. The lowest BCUT2D eigenvalue weighted by atomic mass is 9.87. The molecule has 126 valence electrons. The van der Waals surface area contributed by atoms with Crippen LogP contribution in [0.4, 0.5) is 0 Å². The van der Waals surface area contributed by atoms with Crippen molar-refractivity contribution in [2.75, 3.05) is 0 Å². The van der Waals surface area contributed by atoms with E-state index < -0.39 is 0 Å². The van der Waals surface area contributed by atoms with E-state index in [9.17, 15) is 10.1 Å². The Morgan fingerprint density at radius 1 is 1.16 bits per heavy atom. The van der Waals surface area contributed by atoms with Gasteiger partial charge < -0.3 is 5.32 Å². The first-order valence-electron chi connectivity index (χ1n) is 7.63. The first-order valence-corrected chi connectivity index (χ1v) is 10.2. The molecule has 0 spiro atoms. The van der Waals surface area contributed by atoms with Crippen molar-refractivity contribution in [3.05, 3.63) is 79.2 Å². The van der Waals surface area contributed by atoms with Crippen molar-refractivity contribution in [2.24, 2.45) is 0 Å². The third-order valence-corrected chi connectivity index (χ3v) is 6.01. The molecule has 2 aromatic carbocycles. The monoisotopic (exact) mass is 476 g/mol. The summed E-state index contributed by atoms with van der Waals surface area (Å²) in [6, 6.07) is 18.1. The molecule has 6 heteroatoms. The lowest BCUT2D eigenvalue weighted by Gasteiger charge is -2.25. The van der Waals surface area contributed by atoms with Gasteiger partial charge >= 0.3 is 0 Å². The van der Waals surface area contributed by atoms with Crippen LogP contribution in [0.3, 0.4) is 0 Å². The molecule has 1 aliphatic heterocycles. The molecule has 3 nitrogen and oxygen atoms in total. The molecule has 1 amide bonds. The fourth-order valence-corrected chi connectivity index (χ4v) is 4.39. The summed E-state index contributed by atoms with van der Waals surface area (Å²) in [5.74, 6) is 0.435. The number of carbonyl (C=O) groups excluding carboxylic acids is 1. The number of rotatable bonds is 4. The second-order valence-corrected chi connectivity index (χ2v) is 8.45. The van der Waals surface area contributed by atoms with Gasteiger partial charge in [0, 0.05) is 27.0 Å². The zero-order valence-corrected chi connectivity index (χ0v) is 17.1. The summed E-state index contributed by atoms with van der Waals surface area (Å²) in [5.41, 5.74) is 2.74. The quantitative estimate of drug-likeness (QED) is 0.633. The summed E-state index contributed by atoms with van der Waals surface area (Å²) in [4.78, 5) is 12.2. The molecular formula is C19H14Br2N2OS. The molecular weight excluding hydrogens is 464 g/mol. The maximum atomic E-state index is 12.2. The van der Waals surface area contributed by atoms with Crippen molar-refractivity contribution < 1.29 is 4.79 Å². The van der Waals surface area contributed by atoms with Gasteiger partial charge in [0.2, 0.25) is 5.91 Å². The van der Waals surface area contributed by atoms with Crippen molar-refractivity contribution in [2.45, 2.75) is 18.1 Å². The molecule has 0 fully saturated rings. The Labute approximate surface area is 167 Å². The topological polar surface area (TPSA) is 52.9 Å². The summed E-state index contributed by atoms with van der Waals surface area (Å²) in [7, 11) is 0. The summed E-state index contributed by atoms with van der Waals surface area (Å²) in [6.45, 7) is 0. The van der Waals surface area contributed by atoms with E-state index >= 15 is 0 Å². The van der Waals surface area contributed by atoms with Crippen molar-refractivity contribution in [1.82, 2.24) is 5.32 Å². The zero-order valence-electron chi connectivity index (χ0n) is 13.1. The minimum atomic E-state index is -0.205. The predicted molar refractivity (Wildman–Crippen MR) is 108 cm³/mol. The van der Waals surface area contributed by atoms with Crippen LogP contribution in [0, 0.1) is 11.3 Å². The van der Waals surface area contributed by atoms with E-state index in [1.807, 2.05) is 48.5 Å². The number of thioether (sulfide) groups is 1. The van der Waals surface area contributed by atoms with Crippen LogP contribution in [0.5, 0.6) is 0 Å². The van der Waals surface area contributed by atoms with E-state index in [1.165, 1.54) is 11.8 Å². The van der Waals surface area contributed by atoms with E-state index in [4.69, 9.17) is 0 Å². The van der Waals surface area contributed by atoms with Gasteiger partial charge in [-0.1, -0.05) is 56.1 Å². The predicted octanol–water partition coefficient (Wildman–Crippen LogP) is 5.48. The number of nitrogens with zero attached hydrogens (tertiary/aromatic N) is 1. The molecule has 0 saturated carbocycles. The van der Waals surface area contributed by atoms with Crippen LogP contribution in [-0.2, 0) is 10.5 Å². The fourth-order valence-electron chi connectivity index (χ4n) is 2.68. The lowest BCUT2D eigenvalue weighted by molar-refractivity contribution is -0.120. The van der Waals surface area contributed by atoms with Gasteiger partial charge in [-0.3, -0.25) is 4.79 Å². The maximum absolute atomic E-state index is 12.2. The second kappa shape index (κ2) is 8.22. The molecule has 0 aromatic heterocycles. The number of nitriles is 1. The largest absolute Gasteiger partial charge is 0.320 e. The Morgan fingerprint density at radius 3 is 2.60 bits per heavy atom. The Morgan fingerprint density at radius 2 is 1.92 bits per heavy atom. The first kappa shape index (κ1) is 18.2. The van der Waals surface area contributed by atoms with Gasteiger partial charge in [-0.15, -0.1) is 11.8 Å². The smallest absolute Gasteiger partial charge is 0.225 e. The highest BCUT2D eigenvalue weighted by Gasteiger charge is 2.29. The third-order valence-electron chi connectivity index (χ3n) is 3.90. The van der Waals surface area contributed by atoms with E-state index in [0.29, 0.717) is 22.8 Å². The standard InChI is InChI=1S/C19H14Br2N2OS/c20-14-6-4-12(5-7-14)11-25-19-17(10-22)16(9-18(24)23-19)13-2-1-3-15(21)8-13/h1-8,16H,9,11H2,(H,23,24)/t16-/m0/s1. The fraction of sp³-hybridized carbons (Fsp3) is 0.158. The first-order chi connectivity index (χ1) is 12.1. The van der Waals surface area contributed by atoms with Crippen LogP contribution in [0.1, 0.15) is 23.5 Å². The Kier molecular flexibility index (Phi) is 6.00. The van der Waals surface area contributed by atoms with Crippen LogP contribution in [0.25, 0.3) is 0 Å². The van der Waals surface area contributed by atoms with Crippen LogP contribution >= 0.6 is 43.6 Å². The van der Waals surface area contributed by atoms with Crippen molar-refractivity contribution in [3.8, 4) is 6.07 Å². The SMILES string of the molecule is N#CC1=C(SCc2ccc(Br)cc2)NC(=O)C[C@H]1c1cccc(Br)c1. The van der Waals surface area contributed by atoms with Gasteiger partial charge in [0.05, 0.1) is 16.7 Å². The van der Waals surface area contributed by atoms with Gasteiger partial charge in [0.1, 0.15) is 0 Å². The molecule has 0 unspecified atom stereocenters. The normalized spacial score (nSPS) is 17.2. The molecule has 3 rings (SSSR count). The molecule has 1 aliphatic rings. The summed E-state index contributed by atoms with van der Waals surface area (Å²) < 4.78 is 1.97. The summed E-state index contributed by atoms with van der Waals surface area (Å²) >= 11 is 8.37. The molecule has 0 radical (unpaired) electrons. The number of nitrogens with one attached hydrogen (secondary N) is 1. The van der Waals surface area contributed by atoms with Gasteiger partial charge in [0.25, 0.3) is 0 Å².